The lowest BCUT2D eigenvalue weighted by molar-refractivity contribution is -0.385. The molecule has 7 heteroatoms. The zero-order chi connectivity index (χ0) is 14.1. The highest BCUT2D eigenvalue weighted by Crippen LogP contribution is 2.29. The highest BCUT2D eigenvalue weighted by molar-refractivity contribution is 5.54. The second-order valence-electron chi connectivity index (χ2n) is 5.24. The summed E-state index contributed by atoms with van der Waals surface area (Å²) >= 11 is 0. The van der Waals surface area contributed by atoms with Crippen molar-refractivity contribution in [3.63, 3.8) is 0 Å². The van der Waals surface area contributed by atoms with Gasteiger partial charge in [0.25, 0.3) is 5.69 Å². The topological polar surface area (TPSA) is 61.7 Å². The van der Waals surface area contributed by atoms with Crippen LogP contribution in [0.15, 0.2) is 18.2 Å². The molecule has 2 heterocycles. The Kier molecular flexibility index (Phi) is 3.54. The Morgan fingerprint density at radius 3 is 2.60 bits per heavy atom. The van der Waals surface area contributed by atoms with E-state index in [1.54, 1.807) is 0 Å². The number of piperazine rings is 1. The first-order valence-corrected chi connectivity index (χ1v) is 6.79. The quantitative estimate of drug-likeness (QED) is 0.656. The smallest absolute Gasteiger partial charge is 0.272 e. The van der Waals surface area contributed by atoms with Gasteiger partial charge in [0.1, 0.15) is 0 Å². The molecule has 0 atom stereocenters. The van der Waals surface area contributed by atoms with Crippen molar-refractivity contribution in [2.45, 2.75) is 6.04 Å². The van der Waals surface area contributed by atoms with Crippen LogP contribution in [-0.4, -0.2) is 55.1 Å². The van der Waals surface area contributed by atoms with Gasteiger partial charge < -0.3 is 10.2 Å². The predicted octanol–water partition coefficient (Wildman–Crippen LogP) is 0.828. The van der Waals surface area contributed by atoms with Crippen molar-refractivity contribution >= 4 is 11.4 Å². The second kappa shape index (κ2) is 5.34. The van der Waals surface area contributed by atoms with Crippen LogP contribution in [0.5, 0.6) is 0 Å². The van der Waals surface area contributed by atoms with Crippen molar-refractivity contribution in [1.82, 2.24) is 10.2 Å². The zero-order valence-electron chi connectivity index (χ0n) is 11.1. The Bertz CT molecular complexity index is 513. The van der Waals surface area contributed by atoms with Gasteiger partial charge in [0.2, 0.25) is 0 Å². The van der Waals surface area contributed by atoms with Crippen LogP contribution in [0.1, 0.15) is 0 Å². The number of hydrogen-bond acceptors (Lipinski definition) is 5. The molecule has 2 aliphatic heterocycles. The summed E-state index contributed by atoms with van der Waals surface area (Å²) in [4.78, 5) is 14.4. The maximum atomic E-state index is 13.9. The molecule has 0 spiro atoms. The molecule has 0 unspecified atom stereocenters. The van der Waals surface area contributed by atoms with Gasteiger partial charge in [0.05, 0.1) is 16.7 Å². The van der Waals surface area contributed by atoms with Crippen LogP contribution >= 0.6 is 0 Å². The third-order valence-corrected chi connectivity index (χ3v) is 4.01. The third-order valence-electron chi connectivity index (χ3n) is 4.01. The fraction of sp³-hybridized carbons (Fsp3) is 0.538. The number of nitrogens with one attached hydrogen (secondary N) is 1. The van der Waals surface area contributed by atoms with Gasteiger partial charge in [0, 0.05) is 51.4 Å². The molecular formula is C13H17FN4O2. The highest BCUT2D eigenvalue weighted by Gasteiger charge is 2.33. The lowest BCUT2D eigenvalue weighted by Gasteiger charge is -2.47. The number of benzene rings is 1. The van der Waals surface area contributed by atoms with E-state index in [1.807, 2.05) is 4.90 Å². The molecule has 1 aromatic carbocycles. The number of rotatable bonds is 3. The lowest BCUT2D eigenvalue weighted by atomic mass is 10.0. The normalized spacial score (nSPS) is 20.8. The number of nitro groups is 1. The Morgan fingerprint density at radius 2 is 2.00 bits per heavy atom. The van der Waals surface area contributed by atoms with Crippen LogP contribution in [-0.2, 0) is 0 Å². The monoisotopic (exact) mass is 280 g/mol. The van der Waals surface area contributed by atoms with Gasteiger partial charge in [-0.2, -0.15) is 0 Å². The first-order chi connectivity index (χ1) is 9.65. The molecule has 1 N–H and O–H groups in total. The van der Waals surface area contributed by atoms with Gasteiger partial charge in [0.15, 0.2) is 5.82 Å². The van der Waals surface area contributed by atoms with Crippen LogP contribution in [0.4, 0.5) is 15.8 Å². The van der Waals surface area contributed by atoms with Crippen molar-refractivity contribution in [1.29, 1.82) is 0 Å². The molecule has 2 aliphatic rings. The van der Waals surface area contributed by atoms with Gasteiger partial charge in [-0.1, -0.05) is 0 Å². The molecule has 0 bridgehead atoms. The van der Waals surface area contributed by atoms with Gasteiger partial charge in [-0.05, 0) is 6.07 Å². The van der Waals surface area contributed by atoms with Crippen molar-refractivity contribution in [3.8, 4) is 0 Å². The largest absolute Gasteiger partial charge is 0.366 e. The maximum absolute atomic E-state index is 13.9. The summed E-state index contributed by atoms with van der Waals surface area (Å²) in [6.45, 7) is 5.64. The number of anilines is 1. The van der Waals surface area contributed by atoms with Gasteiger partial charge in [-0.25, -0.2) is 4.39 Å². The molecule has 20 heavy (non-hydrogen) atoms. The average Bonchev–Trinajstić information content (AvgIpc) is 2.40. The summed E-state index contributed by atoms with van der Waals surface area (Å²) in [6.07, 6.45) is 0. The molecule has 0 aromatic heterocycles. The van der Waals surface area contributed by atoms with E-state index in [-0.39, 0.29) is 5.69 Å². The summed E-state index contributed by atoms with van der Waals surface area (Å²) < 4.78 is 13.9. The minimum atomic E-state index is -0.577. The van der Waals surface area contributed by atoms with E-state index in [0.717, 1.165) is 45.3 Å². The minimum Gasteiger partial charge on any atom is -0.366 e. The Balaban J connectivity index is 1.63. The molecule has 3 rings (SSSR count). The van der Waals surface area contributed by atoms with Crippen LogP contribution in [0, 0.1) is 15.9 Å². The molecule has 108 valence electrons. The second-order valence-corrected chi connectivity index (χ2v) is 5.24. The van der Waals surface area contributed by atoms with Gasteiger partial charge in [-0.3, -0.25) is 15.0 Å². The molecule has 2 fully saturated rings. The van der Waals surface area contributed by atoms with Gasteiger partial charge in [-0.15, -0.1) is 0 Å². The first kappa shape index (κ1) is 13.3. The summed E-state index contributed by atoms with van der Waals surface area (Å²) in [5.74, 6) is -0.516. The van der Waals surface area contributed by atoms with E-state index in [4.69, 9.17) is 0 Å². The molecule has 0 saturated carbocycles. The van der Waals surface area contributed by atoms with Crippen molar-refractivity contribution in [2.24, 2.45) is 0 Å². The Labute approximate surface area is 116 Å². The fourth-order valence-corrected chi connectivity index (χ4v) is 2.80. The molecule has 0 radical (unpaired) electrons. The maximum Gasteiger partial charge on any atom is 0.272 e. The molecular weight excluding hydrogens is 263 g/mol. The highest BCUT2D eigenvalue weighted by atomic mass is 19.1. The summed E-state index contributed by atoms with van der Waals surface area (Å²) in [5.41, 5.74) is 0.257. The van der Waals surface area contributed by atoms with E-state index in [2.05, 4.69) is 10.2 Å². The van der Waals surface area contributed by atoms with Crippen LogP contribution in [0.25, 0.3) is 0 Å². The number of nitro benzene ring substituents is 1. The minimum absolute atomic E-state index is 0.203. The van der Waals surface area contributed by atoms with Crippen molar-refractivity contribution in [2.75, 3.05) is 44.2 Å². The lowest BCUT2D eigenvalue weighted by Crippen LogP contribution is -2.63. The molecule has 0 amide bonds. The third kappa shape index (κ3) is 2.46. The van der Waals surface area contributed by atoms with Crippen LogP contribution in [0.3, 0.4) is 0 Å². The van der Waals surface area contributed by atoms with E-state index < -0.39 is 10.7 Å². The Hall–Kier alpha value is -1.73. The van der Waals surface area contributed by atoms with Crippen molar-refractivity contribution in [3.05, 3.63) is 34.1 Å². The Morgan fingerprint density at radius 1 is 1.30 bits per heavy atom. The number of non-ortho nitro benzene ring substituents is 1. The summed E-state index contributed by atoms with van der Waals surface area (Å²) in [6, 6.07) is 4.32. The molecule has 6 nitrogen and oxygen atoms in total. The number of hydrogen-bond donors (Lipinski definition) is 1. The number of nitrogens with zero attached hydrogens (tertiary/aromatic N) is 3. The van der Waals surface area contributed by atoms with E-state index in [1.165, 1.54) is 12.1 Å². The first-order valence-electron chi connectivity index (χ1n) is 6.79. The number of halogens is 1. The van der Waals surface area contributed by atoms with E-state index >= 15 is 0 Å². The summed E-state index contributed by atoms with van der Waals surface area (Å²) in [7, 11) is 0. The molecule has 2 saturated heterocycles. The predicted molar refractivity (Wildman–Crippen MR) is 73.5 cm³/mol. The summed E-state index contributed by atoms with van der Waals surface area (Å²) in [5, 5.41) is 13.9. The van der Waals surface area contributed by atoms with Crippen LogP contribution < -0.4 is 10.2 Å². The average molecular weight is 280 g/mol. The van der Waals surface area contributed by atoms with Crippen molar-refractivity contribution < 1.29 is 9.31 Å². The standard InChI is InChI=1S/C13H17FN4O2/c14-12-7-10(18(19)20)1-2-13(12)17-8-11(9-17)16-5-3-15-4-6-16/h1-2,7,11,15H,3-6,8-9H2. The molecule has 0 aliphatic carbocycles. The fourth-order valence-electron chi connectivity index (χ4n) is 2.80. The zero-order valence-corrected chi connectivity index (χ0v) is 11.1. The molecule has 1 aromatic rings. The van der Waals surface area contributed by atoms with E-state index in [9.17, 15) is 14.5 Å². The van der Waals surface area contributed by atoms with Gasteiger partial charge >= 0.3 is 0 Å². The SMILES string of the molecule is O=[N+]([O-])c1ccc(N2CC(N3CCNCC3)C2)c(F)c1. The van der Waals surface area contributed by atoms with E-state index in [0.29, 0.717) is 11.7 Å². The van der Waals surface area contributed by atoms with Crippen LogP contribution in [0.2, 0.25) is 0 Å².